The van der Waals surface area contributed by atoms with Crippen molar-refractivity contribution in [2.75, 3.05) is 13.8 Å². The molecule has 3 heteroatoms. The molecule has 0 aromatic carbocycles. The fourth-order valence-corrected chi connectivity index (χ4v) is 0.211. The van der Waals surface area contributed by atoms with Crippen molar-refractivity contribution in [2.24, 2.45) is 0 Å². The molecule has 0 fully saturated rings. The van der Waals surface area contributed by atoms with Gasteiger partial charge in [-0.15, -0.1) is 0 Å². The summed E-state index contributed by atoms with van der Waals surface area (Å²) in [6.45, 7) is -0.533. The Kier molecular flexibility index (Phi) is 3.93. The highest BCUT2D eigenvalue weighted by atomic mass is 19.1. The molecule has 0 aliphatic carbocycles. The van der Waals surface area contributed by atoms with Crippen LogP contribution < -0.4 is 0 Å². The molecule has 0 aliphatic heterocycles. The van der Waals surface area contributed by atoms with E-state index in [1.807, 2.05) is 0 Å². The van der Waals surface area contributed by atoms with Gasteiger partial charge in [0.25, 0.3) is 0 Å². The zero-order chi connectivity index (χ0) is 5.70. The van der Waals surface area contributed by atoms with Crippen molar-refractivity contribution in [2.45, 2.75) is 12.7 Å². The molecule has 0 saturated heterocycles. The summed E-state index contributed by atoms with van der Waals surface area (Å²) in [4.78, 5) is 0. The van der Waals surface area contributed by atoms with Gasteiger partial charge in [0.15, 0.2) is 6.29 Å². The van der Waals surface area contributed by atoms with E-state index in [-0.39, 0.29) is 6.42 Å². The quantitative estimate of drug-likeness (QED) is 0.527. The van der Waals surface area contributed by atoms with Crippen LogP contribution in [0.5, 0.6) is 0 Å². The molecule has 0 bridgehead atoms. The van der Waals surface area contributed by atoms with Gasteiger partial charge in [0.2, 0.25) is 0 Å². The molecule has 0 amide bonds. The van der Waals surface area contributed by atoms with Crippen LogP contribution in [-0.4, -0.2) is 25.2 Å². The standard InChI is InChI=1S/C4H9FO2/c1-7-4(6)2-3-5/h4,6H,2-3H2,1H3. The van der Waals surface area contributed by atoms with Crippen LogP contribution in [0.15, 0.2) is 0 Å². The van der Waals surface area contributed by atoms with Gasteiger partial charge in [0.05, 0.1) is 6.67 Å². The second-order valence-electron chi connectivity index (χ2n) is 1.17. The zero-order valence-corrected chi connectivity index (χ0v) is 4.22. The fraction of sp³-hybridized carbons (Fsp3) is 1.00. The summed E-state index contributed by atoms with van der Waals surface area (Å²) in [6.07, 6.45) is -0.860. The number of aliphatic hydroxyl groups excluding tert-OH is 1. The predicted molar refractivity (Wildman–Crippen MR) is 23.6 cm³/mol. The smallest absolute Gasteiger partial charge is 0.156 e. The van der Waals surface area contributed by atoms with E-state index in [2.05, 4.69) is 4.74 Å². The van der Waals surface area contributed by atoms with Gasteiger partial charge < -0.3 is 9.84 Å². The maximum absolute atomic E-state index is 11.2. The SMILES string of the molecule is COC(O)CCF. The Morgan fingerprint density at radius 1 is 1.86 bits per heavy atom. The van der Waals surface area contributed by atoms with Crippen LogP contribution in [0.25, 0.3) is 0 Å². The average molecular weight is 108 g/mol. The molecule has 2 nitrogen and oxygen atoms in total. The average Bonchev–Trinajstić information content (AvgIpc) is 1.68. The normalized spacial score (nSPS) is 14.1. The molecule has 0 rings (SSSR count). The third-order valence-electron chi connectivity index (χ3n) is 0.628. The Labute approximate surface area is 41.9 Å². The van der Waals surface area contributed by atoms with Crippen LogP contribution in [0, 0.1) is 0 Å². The number of alkyl halides is 1. The van der Waals surface area contributed by atoms with Gasteiger partial charge in [-0.1, -0.05) is 0 Å². The van der Waals surface area contributed by atoms with Crippen molar-refractivity contribution < 1.29 is 14.2 Å². The second kappa shape index (κ2) is 4.02. The lowest BCUT2D eigenvalue weighted by molar-refractivity contribution is -0.0807. The first-order chi connectivity index (χ1) is 3.31. The summed E-state index contributed by atoms with van der Waals surface area (Å²) in [6, 6.07) is 0. The molecule has 0 heterocycles. The van der Waals surface area contributed by atoms with E-state index in [9.17, 15) is 4.39 Å². The molecule has 0 aliphatic rings. The van der Waals surface area contributed by atoms with Gasteiger partial charge in [0.1, 0.15) is 0 Å². The Morgan fingerprint density at radius 2 is 2.43 bits per heavy atom. The van der Waals surface area contributed by atoms with Gasteiger partial charge in [-0.3, -0.25) is 4.39 Å². The third-order valence-corrected chi connectivity index (χ3v) is 0.628. The van der Waals surface area contributed by atoms with Crippen molar-refractivity contribution in [1.82, 2.24) is 0 Å². The van der Waals surface area contributed by atoms with E-state index in [4.69, 9.17) is 5.11 Å². The summed E-state index contributed by atoms with van der Waals surface area (Å²) < 4.78 is 15.5. The maximum Gasteiger partial charge on any atom is 0.156 e. The zero-order valence-electron chi connectivity index (χ0n) is 4.22. The highest BCUT2D eigenvalue weighted by Gasteiger charge is 1.96. The van der Waals surface area contributed by atoms with E-state index in [0.717, 1.165) is 0 Å². The molecule has 1 atom stereocenters. The Bertz CT molecular complexity index is 40.7. The van der Waals surface area contributed by atoms with Gasteiger partial charge in [-0.25, -0.2) is 0 Å². The lowest BCUT2D eigenvalue weighted by atomic mass is 10.5. The minimum absolute atomic E-state index is 0.0660. The molecule has 7 heavy (non-hydrogen) atoms. The van der Waals surface area contributed by atoms with Crippen molar-refractivity contribution >= 4 is 0 Å². The summed E-state index contributed by atoms with van der Waals surface area (Å²) in [5.74, 6) is 0. The van der Waals surface area contributed by atoms with E-state index in [1.54, 1.807) is 0 Å². The van der Waals surface area contributed by atoms with E-state index in [0.29, 0.717) is 0 Å². The third kappa shape index (κ3) is 3.69. The number of halogens is 1. The number of hydrogen-bond donors (Lipinski definition) is 1. The van der Waals surface area contributed by atoms with E-state index in [1.165, 1.54) is 7.11 Å². The van der Waals surface area contributed by atoms with Crippen molar-refractivity contribution in [1.29, 1.82) is 0 Å². The van der Waals surface area contributed by atoms with Crippen LogP contribution in [-0.2, 0) is 4.74 Å². The minimum Gasteiger partial charge on any atom is -0.368 e. The van der Waals surface area contributed by atoms with Crippen molar-refractivity contribution in [3.05, 3.63) is 0 Å². The van der Waals surface area contributed by atoms with Gasteiger partial charge in [-0.05, 0) is 0 Å². The monoisotopic (exact) mass is 108 g/mol. The molecule has 0 spiro atoms. The molecule has 0 saturated carbocycles. The lowest BCUT2D eigenvalue weighted by Crippen LogP contribution is -2.08. The molecule has 0 radical (unpaired) electrons. The van der Waals surface area contributed by atoms with Crippen LogP contribution in [0.2, 0.25) is 0 Å². The Morgan fingerprint density at radius 3 is 2.57 bits per heavy atom. The van der Waals surface area contributed by atoms with E-state index >= 15 is 0 Å². The minimum atomic E-state index is -0.926. The number of hydrogen-bond acceptors (Lipinski definition) is 2. The maximum atomic E-state index is 11.2. The first-order valence-electron chi connectivity index (χ1n) is 2.08. The van der Waals surface area contributed by atoms with Gasteiger partial charge in [-0.2, -0.15) is 0 Å². The summed E-state index contributed by atoms with van der Waals surface area (Å²) in [5.41, 5.74) is 0. The van der Waals surface area contributed by atoms with Crippen molar-refractivity contribution in [3.63, 3.8) is 0 Å². The summed E-state index contributed by atoms with van der Waals surface area (Å²) in [7, 11) is 1.33. The van der Waals surface area contributed by atoms with Gasteiger partial charge >= 0.3 is 0 Å². The van der Waals surface area contributed by atoms with E-state index < -0.39 is 13.0 Å². The fourth-order valence-electron chi connectivity index (χ4n) is 0.211. The topological polar surface area (TPSA) is 29.5 Å². The number of ether oxygens (including phenoxy) is 1. The first-order valence-corrected chi connectivity index (χ1v) is 2.08. The van der Waals surface area contributed by atoms with Crippen molar-refractivity contribution in [3.8, 4) is 0 Å². The lowest BCUT2D eigenvalue weighted by Gasteiger charge is -2.02. The van der Waals surface area contributed by atoms with Crippen LogP contribution in [0.1, 0.15) is 6.42 Å². The highest BCUT2D eigenvalue weighted by Crippen LogP contribution is 1.89. The summed E-state index contributed by atoms with van der Waals surface area (Å²) >= 11 is 0. The van der Waals surface area contributed by atoms with Crippen LogP contribution >= 0.6 is 0 Å². The predicted octanol–water partition coefficient (Wildman–Crippen LogP) is 0.311. The largest absolute Gasteiger partial charge is 0.368 e. The second-order valence-corrected chi connectivity index (χ2v) is 1.17. The molecule has 0 aromatic heterocycles. The number of aliphatic hydroxyl groups is 1. The molecule has 1 N–H and O–H groups in total. The number of rotatable bonds is 3. The highest BCUT2D eigenvalue weighted by molar-refractivity contribution is 4.34. The molecule has 0 aromatic rings. The number of methoxy groups -OCH3 is 1. The molecule has 44 valence electrons. The Hall–Kier alpha value is -0.150. The molecule has 1 unspecified atom stereocenters. The van der Waals surface area contributed by atoms with Gasteiger partial charge in [0, 0.05) is 13.5 Å². The molecular formula is C4H9FO2. The molecular weight excluding hydrogens is 99.0 g/mol. The van der Waals surface area contributed by atoms with Crippen LogP contribution in [0.3, 0.4) is 0 Å². The summed E-state index contributed by atoms with van der Waals surface area (Å²) in [5, 5.41) is 8.40. The van der Waals surface area contributed by atoms with Crippen LogP contribution in [0.4, 0.5) is 4.39 Å². The first kappa shape index (κ1) is 6.85. The Balaban J connectivity index is 2.83.